The van der Waals surface area contributed by atoms with Crippen LogP contribution in [0.4, 0.5) is 5.69 Å². The zero-order chi connectivity index (χ0) is 14.3. The summed E-state index contributed by atoms with van der Waals surface area (Å²) in [5, 5.41) is 11.6. The molecule has 0 aliphatic carbocycles. The molecule has 0 bridgehead atoms. The van der Waals surface area contributed by atoms with E-state index in [0.29, 0.717) is 18.0 Å². The number of carbonyl (C=O) groups excluding carboxylic acids is 1. The first-order chi connectivity index (χ1) is 9.04. The number of rotatable bonds is 7. The number of methoxy groups -OCH3 is 1. The monoisotopic (exact) mass is 303 g/mol. The molecule has 7 heteroatoms. The fourth-order valence-corrected chi connectivity index (χ4v) is 2.16. The van der Waals surface area contributed by atoms with Gasteiger partial charge in [-0.25, -0.2) is 4.79 Å². The molecule has 0 atom stereocenters. The van der Waals surface area contributed by atoms with Crippen molar-refractivity contribution in [1.29, 1.82) is 0 Å². The number of hydrogen-bond acceptors (Lipinski definition) is 4. The Morgan fingerprint density at radius 2 is 2.21 bits per heavy atom. The van der Waals surface area contributed by atoms with Crippen molar-refractivity contribution in [3.05, 3.63) is 28.8 Å². The Bertz CT molecular complexity index is 467. The van der Waals surface area contributed by atoms with Crippen LogP contribution in [0.1, 0.15) is 10.4 Å². The molecular weight excluding hydrogens is 290 g/mol. The van der Waals surface area contributed by atoms with E-state index in [4.69, 9.17) is 21.4 Å². The summed E-state index contributed by atoms with van der Waals surface area (Å²) in [4.78, 5) is 22.3. The van der Waals surface area contributed by atoms with E-state index >= 15 is 0 Å². The molecule has 0 aliphatic rings. The summed E-state index contributed by atoms with van der Waals surface area (Å²) in [5.74, 6) is -0.225. The van der Waals surface area contributed by atoms with Crippen LogP contribution in [0.5, 0.6) is 0 Å². The summed E-state index contributed by atoms with van der Waals surface area (Å²) in [5.41, 5.74) is 0.487. The van der Waals surface area contributed by atoms with Gasteiger partial charge in [0.05, 0.1) is 28.6 Å². The number of hydrogen-bond donors (Lipinski definition) is 2. The molecule has 0 spiro atoms. The smallest absolute Gasteiger partial charge is 0.335 e. The third-order valence-electron chi connectivity index (χ3n) is 2.16. The zero-order valence-corrected chi connectivity index (χ0v) is 11.9. The molecule has 1 aromatic rings. The lowest BCUT2D eigenvalue weighted by molar-refractivity contribution is -0.113. The number of aromatic carboxylic acids is 1. The van der Waals surface area contributed by atoms with Crippen molar-refractivity contribution < 1.29 is 19.4 Å². The molecule has 1 amide bonds. The van der Waals surface area contributed by atoms with Crippen molar-refractivity contribution in [2.45, 2.75) is 0 Å². The number of carboxylic acids is 1. The van der Waals surface area contributed by atoms with Crippen LogP contribution >= 0.6 is 23.4 Å². The highest BCUT2D eigenvalue weighted by atomic mass is 35.5. The van der Waals surface area contributed by atoms with E-state index in [1.807, 2.05) is 0 Å². The highest BCUT2D eigenvalue weighted by Crippen LogP contribution is 2.23. The Labute approximate surface area is 120 Å². The van der Waals surface area contributed by atoms with Crippen molar-refractivity contribution in [3.8, 4) is 0 Å². The predicted octanol–water partition coefficient (Wildman–Crippen LogP) is 2.36. The lowest BCUT2D eigenvalue weighted by atomic mass is 10.2. The van der Waals surface area contributed by atoms with Crippen LogP contribution in [0.25, 0.3) is 0 Å². The van der Waals surface area contributed by atoms with E-state index in [9.17, 15) is 9.59 Å². The first-order valence-electron chi connectivity index (χ1n) is 5.44. The molecular formula is C12H14ClNO4S. The minimum atomic E-state index is -1.06. The second kappa shape index (κ2) is 8.04. The Hall–Kier alpha value is -1.24. The van der Waals surface area contributed by atoms with Gasteiger partial charge in [-0.2, -0.15) is 0 Å². The molecule has 0 aromatic heterocycles. The maximum Gasteiger partial charge on any atom is 0.335 e. The van der Waals surface area contributed by atoms with Gasteiger partial charge >= 0.3 is 5.97 Å². The van der Waals surface area contributed by atoms with Crippen molar-refractivity contribution in [2.24, 2.45) is 0 Å². The first-order valence-corrected chi connectivity index (χ1v) is 6.97. The van der Waals surface area contributed by atoms with Gasteiger partial charge in [0.2, 0.25) is 5.91 Å². The summed E-state index contributed by atoms with van der Waals surface area (Å²) in [6, 6.07) is 4.17. The van der Waals surface area contributed by atoms with Crippen LogP contribution in [0, 0.1) is 0 Å². The van der Waals surface area contributed by atoms with Crippen molar-refractivity contribution in [2.75, 3.05) is 30.5 Å². The molecule has 0 fully saturated rings. The van der Waals surface area contributed by atoms with Crippen LogP contribution < -0.4 is 5.32 Å². The number of halogens is 1. The third kappa shape index (κ3) is 5.50. The largest absolute Gasteiger partial charge is 0.478 e. The van der Waals surface area contributed by atoms with Gasteiger partial charge in [-0.15, -0.1) is 11.8 Å². The maximum atomic E-state index is 11.6. The number of carbonyl (C=O) groups is 2. The number of anilines is 1. The van der Waals surface area contributed by atoms with Gasteiger partial charge in [0.15, 0.2) is 0 Å². The molecule has 5 nitrogen and oxygen atoms in total. The average Bonchev–Trinajstić information content (AvgIpc) is 2.37. The lowest BCUT2D eigenvalue weighted by Gasteiger charge is -2.07. The molecule has 0 unspecified atom stereocenters. The van der Waals surface area contributed by atoms with Crippen LogP contribution in [-0.2, 0) is 9.53 Å². The Balaban J connectivity index is 2.52. The normalized spacial score (nSPS) is 10.2. The van der Waals surface area contributed by atoms with Crippen LogP contribution in [-0.4, -0.2) is 42.2 Å². The summed E-state index contributed by atoms with van der Waals surface area (Å²) in [6.07, 6.45) is 0. The Kier molecular flexibility index (Phi) is 6.69. The van der Waals surface area contributed by atoms with Crippen LogP contribution in [0.15, 0.2) is 18.2 Å². The topological polar surface area (TPSA) is 75.6 Å². The first kappa shape index (κ1) is 15.8. The quantitative estimate of drug-likeness (QED) is 0.756. The fourth-order valence-electron chi connectivity index (χ4n) is 1.24. The summed E-state index contributed by atoms with van der Waals surface area (Å²) < 4.78 is 4.87. The van der Waals surface area contributed by atoms with Crippen molar-refractivity contribution in [1.82, 2.24) is 0 Å². The van der Waals surface area contributed by atoms with E-state index in [-0.39, 0.29) is 16.5 Å². The van der Waals surface area contributed by atoms with Crippen molar-refractivity contribution in [3.63, 3.8) is 0 Å². The summed E-state index contributed by atoms with van der Waals surface area (Å²) in [7, 11) is 1.60. The van der Waals surface area contributed by atoms with E-state index in [2.05, 4.69) is 5.32 Å². The zero-order valence-electron chi connectivity index (χ0n) is 10.3. The lowest BCUT2D eigenvalue weighted by Crippen LogP contribution is -2.15. The Morgan fingerprint density at radius 3 is 2.79 bits per heavy atom. The third-order valence-corrected chi connectivity index (χ3v) is 3.39. The van der Waals surface area contributed by atoms with E-state index in [0.717, 1.165) is 5.75 Å². The molecule has 1 rings (SSSR count). The van der Waals surface area contributed by atoms with Gasteiger partial charge in [-0.05, 0) is 18.2 Å². The van der Waals surface area contributed by atoms with E-state index < -0.39 is 5.97 Å². The summed E-state index contributed by atoms with van der Waals surface area (Å²) in [6.45, 7) is 0.589. The molecule has 1 aromatic carbocycles. The highest BCUT2D eigenvalue weighted by molar-refractivity contribution is 7.99. The molecule has 0 radical (unpaired) electrons. The van der Waals surface area contributed by atoms with Gasteiger partial charge < -0.3 is 15.2 Å². The number of thioether (sulfide) groups is 1. The maximum absolute atomic E-state index is 11.6. The second-order valence-corrected chi connectivity index (χ2v) is 5.11. The number of nitrogens with one attached hydrogen (secondary N) is 1. The number of benzene rings is 1. The fraction of sp³-hybridized carbons (Fsp3) is 0.333. The highest BCUT2D eigenvalue weighted by Gasteiger charge is 2.09. The molecule has 0 aliphatic heterocycles. The van der Waals surface area contributed by atoms with Crippen LogP contribution in [0.2, 0.25) is 5.02 Å². The van der Waals surface area contributed by atoms with E-state index in [1.165, 1.54) is 30.0 Å². The number of carboxylic acid groups (broad SMARTS) is 1. The average molecular weight is 304 g/mol. The van der Waals surface area contributed by atoms with Gasteiger partial charge in [-0.3, -0.25) is 4.79 Å². The standard InChI is InChI=1S/C12H14ClNO4S/c1-18-4-5-19-7-11(15)14-10-3-2-8(12(16)17)6-9(10)13/h2-3,6H,4-5,7H2,1H3,(H,14,15)(H,16,17). The molecule has 104 valence electrons. The minimum Gasteiger partial charge on any atom is -0.478 e. The summed E-state index contributed by atoms with van der Waals surface area (Å²) >= 11 is 7.34. The molecule has 0 saturated heterocycles. The molecule has 0 saturated carbocycles. The molecule has 19 heavy (non-hydrogen) atoms. The van der Waals surface area contributed by atoms with Gasteiger partial charge in [0, 0.05) is 12.9 Å². The van der Waals surface area contributed by atoms with Gasteiger partial charge in [0.1, 0.15) is 0 Å². The SMILES string of the molecule is COCCSCC(=O)Nc1ccc(C(=O)O)cc1Cl. The Morgan fingerprint density at radius 1 is 1.47 bits per heavy atom. The molecule has 0 heterocycles. The predicted molar refractivity (Wildman–Crippen MR) is 76.2 cm³/mol. The number of amides is 1. The number of ether oxygens (including phenoxy) is 1. The minimum absolute atomic E-state index is 0.0810. The second-order valence-electron chi connectivity index (χ2n) is 3.59. The molecule has 2 N–H and O–H groups in total. The van der Waals surface area contributed by atoms with Crippen molar-refractivity contribution >= 4 is 40.9 Å². The van der Waals surface area contributed by atoms with Gasteiger partial charge in [0.25, 0.3) is 0 Å². The van der Waals surface area contributed by atoms with Crippen LogP contribution in [0.3, 0.4) is 0 Å². The van der Waals surface area contributed by atoms with Gasteiger partial charge in [-0.1, -0.05) is 11.6 Å². The van der Waals surface area contributed by atoms with E-state index in [1.54, 1.807) is 7.11 Å².